The van der Waals surface area contributed by atoms with E-state index in [1.807, 2.05) is 12.1 Å². The van der Waals surface area contributed by atoms with Gasteiger partial charge in [-0.25, -0.2) is 0 Å². The molecule has 4 heteroatoms. The minimum absolute atomic E-state index is 0.0542. The Kier molecular flexibility index (Phi) is 3.79. The van der Waals surface area contributed by atoms with Crippen LogP contribution >= 0.6 is 38.5 Å². The van der Waals surface area contributed by atoms with Gasteiger partial charge in [-0.3, -0.25) is 0 Å². The lowest BCUT2D eigenvalue weighted by Gasteiger charge is -2.07. The van der Waals surface area contributed by atoms with E-state index in [9.17, 15) is 0 Å². The van der Waals surface area contributed by atoms with Crippen LogP contribution in [-0.2, 0) is 6.61 Å². The Morgan fingerprint density at radius 3 is 2.67 bits per heavy atom. The molecule has 0 bridgehead atoms. The van der Waals surface area contributed by atoms with Gasteiger partial charge in [-0.1, -0.05) is 0 Å². The molecule has 66 valence electrons. The Hall–Kier alpha value is 0.190. The third-order valence-electron chi connectivity index (χ3n) is 1.44. The number of aliphatic hydroxyl groups is 1. The monoisotopic (exact) mass is 342 g/mol. The summed E-state index contributed by atoms with van der Waals surface area (Å²) in [5.74, 6) is 0.813. The van der Waals surface area contributed by atoms with Gasteiger partial charge >= 0.3 is 0 Å². The standard InChI is InChI=1S/C8H8BrIO2/c1-12-8-6(9)2-5(4-11)3-7(8)10/h2-3,11H,4H2,1H3. The quantitative estimate of drug-likeness (QED) is 0.837. The predicted octanol–water partition coefficient (Wildman–Crippen LogP) is 2.55. The minimum Gasteiger partial charge on any atom is -0.494 e. The number of benzene rings is 1. The first-order valence-electron chi connectivity index (χ1n) is 3.31. The van der Waals surface area contributed by atoms with Gasteiger partial charge in [0, 0.05) is 0 Å². The summed E-state index contributed by atoms with van der Waals surface area (Å²) >= 11 is 5.53. The molecule has 0 amide bonds. The lowest BCUT2D eigenvalue weighted by molar-refractivity contribution is 0.281. The summed E-state index contributed by atoms with van der Waals surface area (Å²) in [6, 6.07) is 3.74. The molecule has 0 aromatic heterocycles. The molecule has 0 aliphatic rings. The molecule has 0 saturated carbocycles. The largest absolute Gasteiger partial charge is 0.494 e. The molecule has 0 radical (unpaired) electrons. The van der Waals surface area contributed by atoms with Crippen molar-refractivity contribution in [1.29, 1.82) is 0 Å². The summed E-state index contributed by atoms with van der Waals surface area (Å²) in [6.07, 6.45) is 0. The lowest BCUT2D eigenvalue weighted by Crippen LogP contribution is -1.91. The Morgan fingerprint density at radius 2 is 2.25 bits per heavy atom. The van der Waals surface area contributed by atoms with Gasteiger partial charge in [-0.2, -0.15) is 0 Å². The number of hydrogen-bond donors (Lipinski definition) is 1. The van der Waals surface area contributed by atoms with Crippen LogP contribution in [0.1, 0.15) is 5.56 Å². The van der Waals surface area contributed by atoms with Gasteiger partial charge in [0.05, 0.1) is 21.8 Å². The van der Waals surface area contributed by atoms with Crippen LogP contribution in [0.25, 0.3) is 0 Å². The smallest absolute Gasteiger partial charge is 0.146 e. The molecule has 0 unspecified atom stereocenters. The van der Waals surface area contributed by atoms with Crippen LogP contribution in [0, 0.1) is 3.57 Å². The van der Waals surface area contributed by atoms with E-state index in [1.165, 1.54) is 0 Å². The molecular formula is C8H8BrIO2. The highest BCUT2D eigenvalue weighted by atomic mass is 127. The van der Waals surface area contributed by atoms with E-state index in [2.05, 4.69) is 38.5 Å². The summed E-state index contributed by atoms with van der Waals surface area (Å²) in [7, 11) is 1.63. The maximum atomic E-state index is 8.89. The second-order valence-electron chi connectivity index (χ2n) is 2.25. The van der Waals surface area contributed by atoms with Crippen molar-refractivity contribution >= 4 is 38.5 Å². The molecule has 1 aromatic carbocycles. The molecule has 0 aliphatic carbocycles. The maximum Gasteiger partial charge on any atom is 0.146 e. The Morgan fingerprint density at radius 1 is 1.58 bits per heavy atom. The molecule has 0 aliphatic heterocycles. The van der Waals surface area contributed by atoms with Crippen molar-refractivity contribution in [2.24, 2.45) is 0 Å². The summed E-state index contributed by atoms with van der Waals surface area (Å²) < 4.78 is 7.01. The van der Waals surface area contributed by atoms with E-state index >= 15 is 0 Å². The van der Waals surface area contributed by atoms with Crippen LogP contribution in [-0.4, -0.2) is 12.2 Å². The van der Waals surface area contributed by atoms with Gasteiger partial charge < -0.3 is 9.84 Å². The lowest BCUT2D eigenvalue weighted by atomic mass is 10.2. The van der Waals surface area contributed by atoms with Gasteiger partial charge in [-0.15, -0.1) is 0 Å². The SMILES string of the molecule is COc1c(Br)cc(CO)cc1I. The highest BCUT2D eigenvalue weighted by molar-refractivity contribution is 14.1. The van der Waals surface area contributed by atoms with Crippen molar-refractivity contribution in [3.05, 3.63) is 25.7 Å². The van der Waals surface area contributed by atoms with Crippen LogP contribution in [0.3, 0.4) is 0 Å². The van der Waals surface area contributed by atoms with E-state index in [1.54, 1.807) is 7.11 Å². The number of methoxy groups -OCH3 is 1. The highest BCUT2D eigenvalue weighted by Crippen LogP contribution is 2.31. The molecule has 0 atom stereocenters. The first-order chi connectivity index (χ1) is 5.69. The van der Waals surface area contributed by atoms with Crippen molar-refractivity contribution in [3.63, 3.8) is 0 Å². The van der Waals surface area contributed by atoms with E-state index < -0.39 is 0 Å². The van der Waals surface area contributed by atoms with E-state index in [0.717, 1.165) is 19.4 Å². The number of aliphatic hydroxyl groups excluding tert-OH is 1. The molecular weight excluding hydrogens is 335 g/mol. The first kappa shape index (κ1) is 10.3. The van der Waals surface area contributed by atoms with E-state index in [0.29, 0.717) is 0 Å². The number of halogens is 2. The minimum atomic E-state index is 0.0542. The summed E-state index contributed by atoms with van der Waals surface area (Å²) in [5.41, 5.74) is 0.882. The molecule has 1 rings (SSSR count). The van der Waals surface area contributed by atoms with E-state index in [-0.39, 0.29) is 6.61 Å². The van der Waals surface area contributed by atoms with Crippen molar-refractivity contribution in [1.82, 2.24) is 0 Å². The number of hydrogen-bond acceptors (Lipinski definition) is 2. The van der Waals surface area contributed by atoms with Crippen molar-refractivity contribution in [2.75, 3.05) is 7.11 Å². The average molecular weight is 343 g/mol. The fourth-order valence-electron chi connectivity index (χ4n) is 0.899. The molecule has 1 aromatic rings. The highest BCUT2D eigenvalue weighted by Gasteiger charge is 2.06. The summed E-state index contributed by atoms with van der Waals surface area (Å²) in [6.45, 7) is 0.0542. The molecule has 12 heavy (non-hydrogen) atoms. The second-order valence-corrected chi connectivity index (χ2v) is 4.27. The van der Waals surface area contributed by atoms with Gasteiger partial charge in [0.2, 0.25) is 0 Å². The molecule has 0 heterocycles. The van der Waals surface area contributed by atoms with Gasteiger partial charge in [0.15, 0.2) is 0 Å². The summed E-state index contributed by atoms with van der Waals surface area (Å²) in [5, 5.41) is 8.89. The van der Waals surface area contributed by atoms with Gasteiger partial charge in [0.25, 0.3) is 0 Å². The number of rotatable bonds is 2. The predicted molar refractivity (Wildman–Crippen MR) is 59.3 cm³/mol. The Labute approximate surface area is 93.2 Å². The van der Waals surface area contributed by atoms with Gasteiger partial charge in [0.1, 0.15) is 5.75 Å². The fourth-order valence-corrected chi connectivity index (χ4v) is 2.85. The molecule has 0 saturated heterocycles. The molecule has 1 N–H and O–H groups in total. The fraction of sp³-hybridized carbons (Fsp3) is 0.250. The Balaban J connectivity index is 3.18. The average Bonchev–Trinajstić information content (AvgIpc) is 2.03. The zero-order valence-corrected chi connectivity index (χ0v) is 10.2. The van der Waals surface area contributed by atoms with Crippen molar-refractivity contribution in [3.8, 4) is 5.75 Å². The summed E-state index contributed by atoms with van der Waals surface area (Å²) in [4.78, 5) is 0. The van der Waals surface area contributed by atoms with Crippen LogP contribution in [0.15, 0.2) is 16.6 Å². The van der Waals surface area contributed by atoms with Crippen LogP contribution < -0.4 is 4.74 Å². The number of ether oxygens (including phenoxy) is 1. The first-order valence-corrected chi connectivity index (χ1v) is 5.19. The normalized spacial score (nSPS) is 10.0. The zero-order valence-electron chi connectivity index (χ0n) is 6.47. The van der Waals surface area contributed by atoms with Gasteiger partial charge in [-0.05, 0) is 56.2 Å². The maximum absolute atomic E-state index is 8.89. The zero-order chi connectivity index (χ0) is 9.14. The van der Waals surface area contributed by atoms with Crippen LogP contribution in [0.5, 0.6) is 5.75 Å². The molecule has 2 nitrogen and oxygen atoms in total. The van der Waals surface area contributed by atoms with E-state index in [4.69, 9.17) is 9.84 Å². The van der Waals surface area contributed by atoms with Crippen molar-refractivity contribution < 1.29 is 9.84 Å². The topological polar surface area (TPSA) is 29.5 Å². The molecule has 0 spiro atoms. The Bertz CT molecular complexity index is 265. The second kappa shape index (κ2) is 4.43. The molecule has 0 fully saturated rings. The van der Waals surface area contributed by atoms with Crippen molar-refractivity contribution in [2.45, 2.75) is 6.61 Å². The third-order valence-corrected chi connectivity index (χ3v) is 2.84. The van der Waals surface area contributed by atoms with Crippen LogP contribution in [0.2, 0.25) is 0 Å². The third kappa shape index (κ3) is 2.11. The van der Waals surface area contributed by atoms with Crippen LogP contribution in [0.4, 0.5) is 0 Å².